The number of aromatic amines is 1. The lowest BCUT2D eigenvalue weighted by atomic mass is 10.1. The molecule has 0 radical (unpaired) electrons. The maximum absolute atomic E-state index is 14.8. The van der Waals surface area contributed by atoms with Crippen LogP contribution in [-0.4, -0.2) is 138 Å². The zero-order chi connectivity index (χ0) is 82.6. The van der Waals surface area contributed by atoms with Crippen LogP contribution in [0.2, 0.25) is 0 Å². The number of carboxylic acid groups (broad SMARTS) is 1. The summed E-state index contributed by atoms with van der Waals surface area (Å²) in [6.45, 7) is 5.44. The zero-order valence-electron chi connectivity index (χ0n) is 63.2. The van der Waals surface area contributed by atoms with Gasteiger partial charge in [-0.2, -0.15) is 38.0 Å². The lowest BCUT2D eigenvalue weighted by Crippen LogP contribution is -2.04. The Hall–Kier alpha value is -12.2. The summed E-state index contributed by atoms with van der Waals surface area (Å²) in [6.07, 6.45) is 34.0. The quantitative estimate of drug-likeness (QED) is 0.0198. The Morgan fingerprint density at radius 3 is 1.25 bits per heavy atom. The second-order valence-electron chi connectivity index (χ2n) is 28.4. The number of fused-ring (bicyclic) bond motifs is 6. The van der Waals surface area contributed by atoms with E-state index < -0.39 is 17.8 Å². The van der Waals surface area contributed by atoms with Crippen molar-refractivity contribution in [1.29, 1.82) is 0 Å². The number of carbonyl (C=O) groups is 4. The van der Waals surface area contributed by atoms with E-state index in [2.05, 4.69) is 92.0 Å². The van der Waals surface area contributed by atoms with Gasteiger partial charge in [0, 0.05) is 97.2 Å². The number of aromatic nitrogens is 20. The minimum absolute atomic E-state index is 0.113. The van der Waals surface area contributed by atoms with E-state index in [0.717, 1.165) is 73.6 Å². The molecule has 4 N–H and O–H groups in total. The van der Waals surface area contributed by atoms with Gasteiger partial charge < -0.3 is 29.1 Å². The summed E-state index contributed by atoms with van der Waals surface area (Å²) in [5, 5.41) is 27.4. The van der Waals surface area contributed by atoms with E-state index in [0.29, 0.717) is 162 Å². The number of pyridine rings is 6. The van der Waals surface area contributed by atoms with Crippen molar-refractivity contribution >= 4 is 101 Å². The molecule has 0 aromatic carbocycles. The molecule has 0 saturated heterocycles. The number of aromatic carboxylic acids is 1. The first-order valence-corrected chi connectivity index (χ1v) is 39.9. The van der Waals surface area contributed by atoms with E-state index in [9.17, 15) is 45.5 Å². The Kier molecular flexibility index (Phi) is 24.3. The van der Waals surface area contributed by atoms with Gasteiger partial charge in [0.05, 0.1) is 142 Å². The van der Waals surface area contributed by atoms with E-state index in [-0.39, 0.29) is 59.9 Å². The first kappa shape index (κ1) is 81.0. The Bertz CT molecular complexity index is 6390. The third-order valence-electron chi connectivity index (χ3n) is 19.9. The number of carboxylic acids is 1. The van der Waals surface area contributed by atoms with Crippen LogP contribution in [0.4, 0.5) is 26.3 Å². The van der Waals surface area contributed by atoms with Crippen LogP contribution in [0.15, 0.2) is 169 Å². The Morgan fingerprint density at radius 2 is 0.873 bits per heavy atom. The summed E-state index contributed by atoms with van der Waals surface area (Å²) >= 11 is 12.0. The molecule has 20 rings (SSSR count). The van der Waals surface area contributed by atoms with Gasteiger partial charge in [-0.3, -0.25) is 41.5 Å². The van der Waals surface area contributed by atoms with E-state index in [1.807, 2.05) is 42.5 Å². The molecule has 608 valence electrons. The number of nitrogens with zero attached hydrogens (tertiary/aromatic N) is 19. The van der Waals surface area contributed by atoms with Crippen LogP contribution < -0.4 is 5.73 Å². The van der Waals surface area contributed by atoms with Crippen LogP contribution in [0.5, 0.6) is 0 Å². The number of esters is 2. The molecule has 0 bridgehead atoms. The van der Waals surface area contributed by atoms with Crippen molar-refractivity contribution in [3.05, 3.63) is 283 Å². The van der Waals surface area contributed by atoms with Crippen molar-refractivity contribution in [1.82, 2.24) is 95.8 Å². The minimum atomic E-state index is -1.03. The molecule has 4 saturated carbocycles. The van der Waals surface area contributed by atoms with Crippen LogP contribution in [0.25, 0.3) is 33.6 Å². The highest BCUT2D eigenvalue weighted by Gasteiger charge is 2.32. The number of ketones is 1. The number of rotatable bonds is 21. The molecule has 0 amide bonds. The fourth-order valence-electron chi connectivity index (χ4n) is 13.3. The van der Waals surface area contributed by atoms with Gasteiger partial charge >= 0.3 is 17.9 Å². The number of carbonyl (C=O) groups excluding carboxylic acids is 3. The van der Waals surface area contributed by atoms with Gasteiger partial charge in [0.1, 0.15) is 33.6 Å². The highest BCUT2D eigenvalue weighted by atomic mass is 79.9. The number of nitrogens with one attached hydrogen (secondary N) is 1. The first-order valence-electron chi connectivity index (χ1n) is 37.8. The maximum atomic E-state index is 14.8. The summed E-state index contributed by atoms with van der Waals surface area (Å²) in [6, 6.07) is 17.9. The number of imidazole rings is 6. The average Bonchev–Trinajstić information content (AvgIpc) is 1.62. The standard InChI is InChI=1S/C24H19BrF2N6O.C17H17FN4O2.C15H13FN4O2.C11H10ClFN2.C8H7BrFN3.C6H8N2O2/c25-18-7-8-31-13-28-19(23(31)22(18)26)4-5-20(34)15-9-29-32(10-15)11-16-12-33-21(30-16)6-3-17(24(33)27)14-1-2-14;1-2-24-17(23)12-7-19-21(8-12)9-13-10-22-15(20-13)6-5-14(16(22)18)11-3-4-11;16-14-12(9-1-2-9)3-4-13-18-11(8-20(13)14)7-19-6-10(5-17-19)15(21)22;12-5-8-6-15-10(14-8)4-3-9(11(15)13)7-1-2-7;9-5-1-2-13-4-12-6(3-11)8(13)7(5)10;1-2-10-6(9)5-3-7-8-4-5/h3,6-10,12-14H,1-2,4-5,11H2;5-8,10-11H,2-4,9H2,1H3;3-6,8-9H,1-2,7H2,(H,21,22);3-4,6-7H,1-2,5H2;1-2,4H,3,11H2;3-4H,2H2,1H3,(H,7,8). The van der Waals surface area contributed by atoms with Gasteiger partial charge in [0.15, 0.2) is 17.4 Å². The highest BCUT2D eigenvalue weighted by molar-refractivity contribution is 9.10. The van der Waals surface area contributed by atoms with Crippen LogP contribution in [0.1, 0.15) is 193 Å². The highest BCUT2D eigenvalue weighted by Crippen LogP contribution is 2.44. The topological polar surface area (TPSA) is 319 Å². The van der Waals surface area contributed by atoms with Crippen LogP contribution >= 0.6 is 43.5 Å². The number of hydrogen-bond donors (Lipinski definition) is 3. The van der Waals surface area contributed by atoms with Crippen LogP contribution in [-0.2, 0) is 48.0 Å². The molecule has 37 heteroatoms. The predicted molar refractivity (Wildman–Crippen MR) is 426 cm³/mol. The monoisotopic (exact) mass is 1760 g/mol. The van der Waals surface area contributed by atoms with Gasteiger partial charge in [-0.1, -0.05) is 24.3 Å². The van der Waals surface area contributed by atoms with Gasteiger partial charge in [0.25, 0.3) is 0 Å². The maximum Gasteiger partial charge on any atom is 0.341 e. The summed E-state index contributed by atoms with van der Waals surface area (Å²) < 4.78 is 110. The molecular formula is C81H74Br2ClF6N21O7. The number of aryl methyl sites for hydroxylation is 1. The van der Waals surface area contributed by atoms with Crippen molar-refractivity contribution in [2.75, 3.05) is 13.2 Å². The van der Waals surface area contributed by atoms with Crippen LogP contribution in [0.3, 0.4) is 0 Å². The molecular weight excluding hydrogens is 1690 g/mol. The third kappa shape index (κ3) is 18.3. The number of hydrogen-bond acceptors (Lipinski definition) is 17. The van der Waals surface area contributed by atoms with Crippen molar-refractivity contribution < 1.29 is 60.1 Å². The predicted octanol–water partition coefficient (Wildman–Crippen LogP) is 15.4. The molecule has 0 unspecified atom stereocenters. The smallest absolute Gasteiger partial charge is 0.341 e. The van der Waals surface area contributed by atoms with Crippen LogP contribution in [0, 0.1) is 35.4 Å². The Labute approximate surface area is 688 Å². The van der Waals surface area contributed by atoms with Crippen molar-refractivity contribution in [2.24, 2.45) is 5.73 Å². The van der Waals surface area contributed by atoms with E-state index >= 15 is 0 Å². The van der Waals surface area contributed by atoms with E-state index in [1.165, 1.54) is 65.8 Å². The number of alkyl halides is 1. The summed E-state index contributed by atoms with van der Waals surface area (Å²) in [7, 11) is 0. The molecule has 16 heterocycles. The van der Waals surface area contributed by atoms with Gasteiger partial charge in [0.2, 0.25) is 23.8 Å². The van der Waals surface area contributed by atoms with E-state index in [4.69, 9.17) is 27.2 Å². The lowest BCUT2D eigenvalue weighted by Gasteiger charge is -2.02. The van der Waals surface area contributed by atoms with Gasteiger partial charge in [-0.05, 0) is 164 Å². The number of halogens is 9. The molecule has 16 aromatic rings. The second kappa shape index (κ2) is 35.4. The summed E-state index contributed by atoms with van der Waals surface area (Å²) in [5.74, 6) is -1.81. The van der Waals surface area contributed by atoms with Crippen molar-refractivity contribution in [3.8, 4) is 0 Å². The van der Waals surface area contributed by atoms with Gasteiger partial charge in [-0.25, -0.2) is 53.1 Å². The lowest BCUT2D eigenvalue weighted by molar-refractivity contribution is 0.0516. The van der Waals surface area contributed by atoms with Crippen molar-refractivity contribution in [2.45, 2.75) is 134 Å². The summed E-state index contributed by atoms with van der Waals surface area (Å²) in [4.78, 5) is 71.8. The molecule has 16 aromatic heterocycles. The Morgan fingerprint density at radius 1 is 0.500 bits per heavy atom. The first-order chi connectivity index (χ1) is 57.1. The van der Waals surface area contributed by atoms with E-state index in [1.54, 1.807) is 106 Å². The number of nitrogens with two attached hydrogens (primary N) is 1. The third-order valence-corrected chi connectivity index (χ3v) is 21.4. The number of ether oxygens (including phenoxy) is 2. The molecule has 118 heavy (non-hydrogen) atoms. The molecule has 4 aliphatic carbocycles. The molecule has 28 nitrogen and oxygen atoms in total. The summed E-state index contributed by atoms with van der Waals surface area (Å²) in [5.41, 5.74) is 16.8. The minimum Gasteiger partial charge on any atom is -0.478 e. The SMILES string of the molecule is CCOC(=O)c1cn[nH]c1.CCOC(=O)c1cnn(Cc2cn3c(F)c(C4CC4)ccc3n2)c1.Fc1c(C2CC2)ccc2nc(CCl)cn12.NCc1ncn2ccc(Br)c(F)c12.O=C(CCc1ncn2ccc(Br)c(F)c12)c1cnn(Cc2cn3c(F)c(C4CC4)ccc3n2)c1.O=C(O)c1cnn(Cc2cn3c(F)c(C4CC4)ccc3n2)c1. The molecule has 0 spiro atoms. The fraction of sp³-hybridized carbons (Fsp3) is 0.284. The molecule has 4 aliphatic rings. The van der Waals surface area contributed by atoms with Gasteiger partial charge in [-0.15, -0.1) is 11.6 Å². The average molecular weight is 1760 g/mol. The normalized spacial score (nSPS) is 13.7. The number of H-pyrrole nitrogens is 1. The molecule has 0 aliphatic heterocycles. The fourth-order valence-corrected chi connectivity index (χ4v) is 14.1. The largest absolute Gasteiger partial charge is 0.478 e. The Balaban J connectivity index is 0.000000116. The van der Waals surface area contributed by atoms with Crippen molar-refractivity contribution in [3.63, 3.8) is 0 Å². The molecule has 4 fully saturated rings. The molecule has 0 atom stereocenters. The second-order valence-corrected chi connectivity index (χ2v) is 30.4. The zero-order valence-corrected chi connectivity index (χ0v) is 67.1. The number of Topliss-reactive ketones (excluding diaryl/α,β-unsaturated/α-hetero) is 1.